The number of rotatable bonds is 4. The van der Waals surface area contributed by atoms with Crippen molar-refractivity contribution >= 4 is 64.6 Å². The smallest absolute Gasteiger partial charge is 0.339 e. The second-order valence-corrected chi connectivity index (χ2v) is 7.84. The molecule has 3 N–H and O–H groups in total. The summed E-state index contributed by atoms with van der Waals surface area (Å²) in [6.45, 7) is 3.18. The molecule has 1 rings (SSSR count). The normalized spacial score (nSPS) is 25.7. The number of amides is 1. The molecule has 1 aliphatic heterocycles. The zero-order valence-electron chi connectivity index (χ0n) is 16.1. The minimum atomic E-state index is -1.94. The van der Waals surface area contributed by atoms with E-state index in [1.807, 2.05) is 0 Å². The lowest BCUT2D eigenvalue weighted by Crippen LogP contribution is -2.63. The summed E-state index contributed by atoms with van der Waals surface area (Å²) in [7, 11) is 1.06. The minimum Gasteiger partial charge on any atom is -0.467 e. The zero-order chi connectivity index (χ0) is 23.8. The summed E-state index contributed by atoms with van der Waals surface area (Å²) in [4.78, 5) is 55.3. The molecule has 15 heteroatoms. The number of hydrogen-bond donors (Lipinski definition) is 2. The lowest BCUT2D eigenvalue weighted by Gasteiger charge is -2.41. The Kier molecular flexibility index (Phi) is 11.4. The molecule has 0 aromatic carbocycles. The number of halogens is 3. The van der Waals surface area contributed by atoms with Crippen LogP contribution >= 0.6 is 34.8 Å². The molecular formula is C15H20Cl3NO11. The van der Waals surface area contributed by atoms with Gasteiger partial charge in [-0.25, -0.2) is 4.79 Å². The minimum absolute atomic E-state index is 0.798. The highest BCUT2D eigenvalue weighted by Gasteiger charge is 2.54. The molecule has 0 radical (unpaired) electrons. The lowest BCUT2D eigenvalue weighted by atomic mass is 9.98. The number of primary amides is 1. The van der Waals surface area contributed by atoms with Gasteiger partial charge >= 0.3 is 23.9 Å². The van der Waals surface area contributed by atoms with Crippen LogP contribution in [-0.2, 0) is 47.7 Å². The highest BCUT2D eigenvalue weighted by atomic mass is 35.6. The van der Waals surface area contributed by atoms with Crippen molar-refractivity contribution in [2.24, 2.45) is 5.73 Å². The Morgan fingerprint density at radius 2 is 1.23 bits per heavy atom. The Morgan fingerprint density at radius 1 is 0.867 bits per heavy atom. The number of carbonyl (C=O) groups is 5. The van der Waals surface area contributed by atoms with E-state index in [2.05, 4.69) is 10.5 Å². The Labute approximate surface area is 185 Å². The van der Waals surface area contributed by atoms with Crippen LogP contribution in [0.15, 0.2) is 0 Å². The van der Waals surface area contributed by atoms with Crippen LogP contribution in [0.2, 0.25) is 0 Å². The van der Waals surface area contributed by atoms with Crippen molar-refractivity contribution in [3.05, 3.63) is 0 Å². The van der Waals surface area contributed by atoms with Gasteiger partial charge in [-0.1, -0.05) is 34.8 Å². The summed E-state index contributed by atoms with van der Waals surface area (Å²) < 4.78 is 22.4. The van der Waals surface area contributed by atoms with Crippen LogP contribution in [0, 0.1) is 0 Å². The Morgan fingerprint density at radius 3 is 1.57 bits per heavy atom. The van der Waals surface area contributed by atoms with E-state index in [1.54, 1.807) is 0 Å². The van der Waals surface area contributed by atoms with Gasteiger partial charge < -0.3 is 34.5 Å². The maximum absolute atomic E-state index is 11.8. The van der Waals surface area contributed by atoms with Gasteiger partial charge in [-0.15, -0.1) is 0 Å². The highest BCUT2D eigenvalue weighted by molar-refractivity contribution is 6.76. The zero-order valence-corrected chi connectivity index (χ0v) is 18.4. The van der Waals surface area contributed by atoms with Crippen LogP contribution in [0.1, 0.15) is 20.8 Å². The third-order valence-electron chi connectivity index (χ3n) is 3.13. The van der Waals surface area contributed by atoms with E-state index in [-0.39, 0.29) is 0 Å². The van der Waals surface area contributed by atoms with Gasteiger partial charge in [0.05, 0.1) is 7.11 Å². The Hall–Kier alpha value is -1.86. The molecule has 0 spiro atoms. The van der Waals surface area contributed by atoms with Crippen molar-refractivity contribution in [1.29, 1.82) is 0 Å². The van der Waals surface area contributed by atoms with Crippen molar-refractivity contribution in [2.45, 2.75) is 55.3 Å². The SMILES string of the molecule is COC(=O)C1OC(O)C(OC(C)=O)C(OC(C)=O)C1OC(C)=O.NC(=O)C(Cl)(Cl)Cl. The first kappa shape index (κ1) is 28.1. The summed E-state index contributed by atoms with van der Waals surface area (Å²) in [6.07, 6.45) is -7.75. The quantitative estimate of drug-likeness (QED) is 0.291. The summed E-state index contributed by atoms with van der Waals surface area (Å²) in [5.41, 5.74) is 4.53. The van der Waals surface area contributed by atoms with Crippen LogP contribution < -0.4 is 5.73 Å². The maximum atomic E-state index is 11.8. The first-order valence-electron chi connectivity index (χ1n) is 7.91. The average molecular weight is 497 g/mol. The van der Waals surface area contributed by atoms with Crippen molar-refractivity contribution in [3.63, 3.8) is 0 Å². The predicted molar refractivity (Wildman–Crippen MR) is 99.0 cm³/mol. The standard InChI is InChI=1S/C13H18O10.C2H2Cl3NO/c1-5(14)20-8-9(21-6(2)15)11(22-7(3)16)13(18)23-10(8)12(17)19-4;3-2(4,5)1(6)7/h8-11,13,18H,1-4H3;(H2,6,7). The van der Waals surface area contributed by atoms with E-state index in [0.717, 1.165) is 27.9 Å². The number of alkyl halides is 3. The fourth-order valence-electron chi connectivity index (χ4n) is 2.10. The lowest BCUT2D eigenvalue weighted by molar-refractivity contribution is -0.289. The topological polar surface area (TPSA) is 178 Å². The van der Waals surface area contributed by atoms with Gasteiger partial charge in [0.2, 0.25) is 0 Å². The van der Waals surface area contributed by atoms with Gasteiger partial charge in [-0.2, -0.15) is 0 Å². The third-order valence-corrected chi connectivity index (χ3v) is 3.69. The first-order valence-corrected chi connectivity index (χ1v) is 9.04. The largest absolute Gasteiger partial charge is 0.467 e. The first-order chi connectivity index (χ1) is 13.6. The number of hydrogen-bond acceptors (Lipinski definition) is 11. The fourth-order valence-corrected chi connectivity index (χ4v) is 2.10. The fraction of sp³-hybridized carbons (Fsp3) is 0.667. The molecule has 5 unspecified atom stereocenters. The molecule has 30 heavy (non-hydrogen) atoms. The summed E-state index contributed by atoms with van der Waals surface area (Å²) in [6, 6.07) is 0. The molecule has 0 aromatic rings. The van der Waals surface area contributed by atoms with Crippen LogP contribution in [0.4, 0.5) is 0 Å². The Balaban J connectivity index is 0.00000103. The number of carbonyl (C=O) groups excluding carboxylic acids is 5. The molecule has 1 heterocycles. The van der Waals surface area contributed by atoms with Crippen molar-refractivity contribution in [2.75, 3.05) is 7.11 Å². The predicted octanol–water partition coefficient (Wildman–Crippen LogP) is -0.486. The third kappa shape index (κ3) is 9.30. The second-order valence-electron chi connectivity index (χ2n) is 5.55. The van der Waals surface area contributed by atoms with Crippen molar-refractivity contribution < 1.29 is 52.8 Å². The van der Waals surface area contributed by atoms with Gasteiger partial charge in [0, 0.05) is 20.8 Å². The van der Waals surface area contributed by atoms with Crippen molar-refractivity contribution in [1.82, 2.24) is 0 Å². The van der Waals surface area contributed by atoms with Gasteiger partial charge in [0.15, 0.2) is 30.7 Å². The number of ether oxygens (including phenoxy) is 5. The summed E-state index contributed by atoms with van der Waals surface area (Å²) in [5, 5.41) is 9.93. The maximum Gasteiger partial charge on any atom is 0.339 e. The highest BCUT2D eigenvalue weighted by Crippen LogP contribution is 2.28. The van der Waals surface area contributed by atoms with E-state index in [1.165, 1.54) is 0 Å². The van der Waals surface area contributed by atoms with E-state index in [4.69, 9.17) is 53.8 Å². The summed E-state index contributed by atoms with van der Waals surface area (Å²) in [5.74, 6) is -4.33. The molecule has 1 saturated heterocycles. The molecule has 1 fully saturated rings. The van der Waals surface area contributed by atoms with Gasteiger partial charge in [0.1, 0.15) is 0 Å². The molecule has 5 atom stereocenters. The number of nitrogens with two attached hydrogens (primary N) is 1. The van der Waals surface area contributed by atoms with Crippen LogP contribution in [0.5, 0.6) is 0 Å². The van der Waals surface area contributed by atoms with Gasteiger partial charge in [-0.3, -0.25) is 19.2 Å². The van der Waals surface area contributed by atoms with Crippen LogP contribution in [0.25, 0.3) is 0 Å². The molecule has 1 amide bonds. The molecule has 12 nitrogen and oxygen atoms in total. The molecule has 0 bridgehead atoms. The monoisotopic (exact) mass is 495 g/mol. The Bertz CT molecular complexity index is 667. The van der Waals surface area contributed by atoms with Crippen LogP contribution in [0.3, 0.4) is 0 Å². The molecule has 0 saturated carbocycles. The van der Waals surface area contributed by atoms with E-state index in [9.17, 15) is 29.1 Å². The number of aliphatic hydroxyl groups excluding tert-OH is 1. The van der Waals surface area contributed by atoms with Gasteiger partial charge in [0.25, 0.3) is 9.70 Å². The average Bonchev–Trinajstić information content (AvgIpc) is 2.58. The molecule has 0 aliphatic carbocycles. The van der Waals surface area contributed by atoms with Crippen LogP contribution in [-0.4, -0.2) is 76.5 Å². The molecule has 172 valence electrons. The van der Waals surface area contributed by atoms with E-state index >= 15 is 0 Å². The summed E-state index contributed by atoms with van der Waals surface area (Å²) >= 11 is 14.8. The number of esters is 4. The molecule has 0 aromatic heterocycles. The van der Waals surface area contributed by atoms with Gasteiger partial charge in [-0.05, 0) is 0 Å². The van der Waals surface area contributed by atoms with E-state index < -0.39 is 64.3 Å². The molecular weight excluding hydrogens is 477 g/mol. The number of methoxy groups -OCH3 is 1. The number of aliphatic hydroxyl groups is 1. The van der Waals surface area contributed by atoms with E-state index in [0.29, 0.717) is 0 Å². The van der Waals surface area contributed by atoms with Crippen molar-refractivity contribution in [3.8, 4) is 0 Å². The second kappa shape index (κ2) is 12.1. The molecule has 1 aliphatic rings.